The first-order valence-electron chi connectivity index (χ1n) is 9.87. The number of aliphatic hydroxyl groups is 1. The van der Waals surface area contributed by atoms with Crippen LogP contribution in [0.25, 0.3) is 0 Å². The molecule has 1 aromatic heterocycles. The number of carboxylic acid groups (broad SMARTS) is 2. The number of aliphatic carboxylic acids is 2. The van der Waals surface area contributed by atoms with Crippen LogP contribution >= 0.6 is 0 Å². The van der Waals surface area contributed by atoms with E-state index in [1.165, 1.54) is 0 Å². The van der Waals surface area contributed by atoms with Crippen LogP contribution in [-0.4, -0.2) is 99.9 Å². The van der Waals surface area contributed by atoms with Gasteiger partial charge in [0.2, 0.25) is 5.91 Å². The summed E-state index contributed by atoms with van der Waals surface area (Å²) in [4.78, 5) is 38.6. The minimum absolute atomic E-state index is 0.158. The summed E-state index contributed by atoms with van der Waals surface area (Å²) in [6.07, 6.45) is 2.17. The number of nitrogens with zero attached hydrogens (tertiary/aromatic N) is 3. The number of carbonyl (C=O) groups is 3. The molecule has 0 aromatic carbocycles. The number of carbonyl (C=O) groups excluding carboxylic acids is 1. The monoisotopic (exact) mass is 424 g/mol. The average Bonchev–Trinajstić information content (AvgIpc) is 3.01. The van der Waals surface area contributed by atoms with E-state index in [4.69, 9.17) is 19.8 Å². The number of pyridine rings is 1. The van der Waals surface area contributed by atoms with E-state index in [0.29, 0.717) is 13.1 Å². The molecule has 0 spiro atoms. The summed E-state index contributed by atoms with van der Waals surface area (Å²) in [6, 6.07) is 5.85. The Hall–Kier alpha value is -2.56. The largest absolute Gasteiger partial charge is 0.481 e. The minimum atomic E-state index is -0.833. The van der Waals surface area contributed by atoms with Crippen molar-refractivity contribution in [1.82, 2.24) is 20.1 Å². The SMILES string of the molecule is CC(=O)O.CC(=O)O.O=C(CN1C[C@@H](Cc2ccccn2)[C@H](O)C1)N1CCNCC1. The Morgan fingerprint density at radius 1 is 1.10 bits per heavy atom. The zero-order valence-electron chi connectivity index (χ0n) is 17.5. The molecule has 4 N–H and O–H groups in total. The first kappa shape index (κ1) is 25.5. The van der Waals surface area contributed by atoms with Gasteiger partial charge in [0.15, 0.2) is 0 Å². The Bertz CT molecular complexity index is 647. The van der Waals surface area contributed by atoms with Crippen LogP contribution in [0.4, 0.5) is 0 Å². The first-order valence-corrected chi connectivity index (χ1v) is 9.87. The molecule has 2 saturated heterocycles. The molecule has 30 heavy (non-hydrogen) atoms. The smallest absolute Gasteiger partial charge is 0.300 e. The molecular formula is C20H32N4O6. The van der Waals surface area contributed by atoms with Crippen molar-refractivity contribution in [2.24, 2.45) is 5.92 Å². The molecule has 3 rings (SSSR count). The van der Waals surface area contributed by atoms with Crippen molar-refractivity contribution in [2.75, 3.05) is 45.8 Å². The summed E-state index contributed by atoms with van der Waals surface area (Å²) < 4.78 is 0. The third-order valence-electron chi connectivity index (χ3n) is 4.51. The Morgan fingerprint density at radius 2 is 1.70 bits per heavy atom. The number of likely N-dealkylation sites (tertiary alicyclic amines) is 1. The maximum Gasteiger partial charge on any atom is 0.300 e. The number of hydrogen-bond donors (Lipinski definition) is 4. The number of carboxylic acids is 2. The van der Waals surface area contributed by atoms with Crippen LogP contribution in [0.3, 0.4) is 0 Å². The molecule has 2 fully saturated rings. The summed E-state index contributed by atoms with van der Waals surface area (Å²) in [5.41, 5.74) is 1.00. The second-order valence-electron chi connectivity index (χ2n) is 7.22. The fourth-order valence-electron chi connectivity index (χ4n) is 3.26. The van der Waals surface area contributed by atoms with Crippen molar-refractivity contribution in [2.45, 2.75) is 26.4 Å². The molecule has 1 aromatic rings. The van der Waals surface area contributed by atoms with Gasteiger partial charge in [-0.1, -0.05) is 6.07 Å². The lowest BCUT2D eigenvalue weighted by atomic mass is 10.00. The highest BCUT2D eigenvalue weighted by Gasteiger charge is 2.33. The van der Waals surface area contributed by atoms with Crippen LogP contribution in [0.5, 0.6) is 0 Å². The highest BCUT2D eigenvalue weighted by atomic mass is 16.4. The van der Waals surface area contributed by atoms with E-state index in [-0.39, 0.29) is 17.9 Å². The lowest BCUT2D eigenvalue weighted by Gasteiger charge is -2.29. The Morgan fingerprint density at radius 3 is 2.23 bits per heavy atom. The van der Waals surface area contributed by atoms with Crippen molar-refractivity contribution >= 4 is 17.8 Å². The van der Waals surface area contributed by atoms with Gasteiger partial charge < -0.3 is 25.5 Å². The molecule has 2 aliphatic rings. The molecule has 10 nitrogen and oxygen atoms in total. The number of piperazine rings is 1. The average molecular weight is 424 g/mol. The van der Waals surface area contributed by atoms with Gasteiger partial charge in [0.1, 0.15) is 0 Å². The lowest BCUT2D eigenvalue weighted by molar-refractivity contribution is -0.135. The van der Waals surface area contributed by atoms with E-state index in [1.54, 1.807) is 6.20 Å². The van der Waals surface area contributed by atoms with Gasteiger partial charge in [0.05, 0.1) is 12.6 Å². The van der Waals surface area contributed by atoms with E-state index in [2.05, 4.69) is 15.2 Å². The number of aromatic nitrogens is 1. The van der Waals surface area contributed by atoms with Crippen molar-refractivity contribution in [3.63, 3.8) is 0 Å². The van der Waals surface area contributed by atoms with E-state index in [0.717, 1.165) is 58.7 Å². The van der Waals surface area contributed by atoms with Gasteiger partial charge in [-0.15, -0.1) is 0 Å². The van der Waals surface area contributed by atoms with Gasteiger partial charge >= 0.3 is 0 Å². The number of aliphatic hydroxyl groups excluding tert-OH is 1. The molecule has 168 valence electrons. The molecule has 0 unspecified atom stereocenters. The van der Waals surface area contributed by atoms with Crippen LogP contribution in [0.15, 0.2) is 24.4 Å². The van der Waals surface area contributed by atoms with E-state index < -0.39 is 11.9 Å². The van der Waals surface area contributed by atoms with Crippen LogP contribution in [0, 0.1) is 5.92 Å². The molecule has 10 heteroatoms. The summed E-state index contributed by atoms with van der Waals surface area (Å²) in [7, 11) is 0. The normalized spacial score (nSPS) is 21.0. The predicted octanol–water partition coefficient (Wildman–Crippen LogP) is -0.470. The summed E-state index contributed by atoms with van der Waals surface area (Å²) in [5.74, 6) is -1.34. The summed E-state index contributed by atoms with van der Waals surface area (Å²) >= 11 is 0. The van der Waals surface area contributed by atoms with Crippen molar-refractivity contribution in [1.29, 1.82) is 0 Å². The highest BCUT2D eigenvalue weighted by molar-refractivity contribution is 5.78. The van der Waals surface area contributed by atoms with Gasteiger partial charge in [0.25, 0.3) is 11.9 Å². The molecule has 3 heterocycles. The van der Waals surface area contributed by atoms with E-state index in [9.17, 15) is 9.90 Å². The quantitative estimate of drug-likeness (QED) is 0.504. The predicted molar refractivity (Wildman–Crippen MR) is 110 cm³/mol. The summed E-state index contributed by atoms with van der Waals surface area (Å²) in [5, 5.41) is 28.3. The van der Waals surface area contributed by atoms with Crippen molar-refractivity contribution in [3.8, 4) is 0 Å². The topological polar surface area (TPSA) is 143 Å². The Balaban J connectivity index is 0.000000485. The first-order chi connectivity index (χ1) is 14.2. The van der Waals surface area contributed by atoms with E-state index >= 15 is 0 Å². The number of amides is 1. The highest BCUT2D eigenvalue weighted by Crippen LogP contribution is 2.20. The maximum absolute atomic E-state index is 12.3. The van der Waals surface area contributed by atoms with Gasteiger partial charge in [-0.2, -0.15) is 0 Å². The number of β-amino-alcohol motifs (C(OH)–C–C–N with tert-alkyl or cyclic N) is 1. The van der Waals surface area contributed by atoms with Gasteiger partial charge in [-0.05, 0) is 18.6 Å². The Kier molecular flexibility index (Phi) is 11.6. The number of nitrogens with one attached hydrogen (secondary N) is 1. The van der Waals surface area contributed by atoms with Crippen LogP contribution in [0.1, 0.15) is 19.5 Å². The van der Waals surface area contributed by atoms with Crippen LogP contribution in [-0.2, 0) is 20.8 Å². The molecular weight excluding hydrogens is 392 g/mol. The minimum Gasteiger partial charge on any atom is -0.481 e. The fraction of sp³-hybridized carbons (Fsp3) is 0.600. The molecule has 0 bridgehead atoms. The lowest BCUT2D eigenvalue weighted by Crippen LogP contribution is -2.49. The maximum atomic E-state index is 12.3. The zero-order valence-corrected chi connectivity index (χ0v) is 17.5. The molecule has 2 aliphatic heterocycles. The molecule has 2 atom stereocenters. The van der Waals surface area contributed by atoms with Gasteiger partial charge in [-0.3, -0.25) is 24.3 Å². The van der Waals surface area contributed by atoms with Crippen molar-refractivity contribution in [3.05, 3.63) is 30.1 Å². The molecule has 0 aliphatic carbocycles. The van der Waals surface area contributed by atoms with Crippen LogP contribution < -0.4 is 5.32 Å². The molecule has 1 amide bonds. The van der Waals surface area contributed by atoms with Crippen molar-refractivity contribution < 1.29 is 29.7 Å². The second kappa shape index (κ2) is 13.6. The zero-order chi connectivity index (χ0) is 22.5. The fourth-order valence-corrected chi connectivity index (χ4v) is 3.26. The third kappa shape index (κ3) is 10.8. The Labute approximate surface area is 176 Å². The third-order valence-corrected chi connectivity index (χ3v) is 4.51. The van der Waals surface area contributed by atoms with Crippen LogP contribution in [0.2, 0.25) is 0 Å². The number of hydrogen-bond acceptors (Lipinski definition) is 7. The molecule has 0 saturated carbocycles. The molecule has 0 radical (unpaired) electrons. The number of rotatable bonds is 4. The standard InChI is InChI=1S/C16H24N4O2.2C2H4O2/c21-15-11-19(12-16(22)20-7-5-17-6-8-20)10-13(15)9-14-3-1-2-4-18-14;2*1-2(3)4/h1-4,13,15,17,21H,5-12H2;2*1H3,(H,3,4)/t13-,15-;;/m1../s1. The summed E-state index contributed by atoms with van der Waals surface area (Å²) in [6.45, 7) is 7.23. The van der Waals surface area contributed by atoms with Gasteiger partial charge in [0, 0.05) is 70.9 Å². The van der Waals surface area contributed by atoms with E-state index in [1.807, 2.05) is 23.1 Å². The second-order valence-corrected chi connectivity index (χ2v) is 7.22. The van der Waals surface area contributed by atoms with Gasteiger partial charge in [-0.25, -0.2) is 0 Å².